The first-order valence-corrected chi connectivity index (χ1v) is 20.0. The Morgan fingerprint density at radius 3 is 1.52 bits per heavy atom. The van der Waals surface area contributed by atoms with Gasteiger partial charge in [0.25, 0.3) is 0 Å². The number of nitrogens with one attached hydrogen (secondary N) is 8. The molecule has 0 aliphatic rings. The van der Waals surface area contributed by atoms with Crippen LogP contribution in [-0.2, 0) is 59.2 Å². The molecule has 17 N–H and O–H groups in total. The van der Waals surface area contributed by atoms with Crippen LogP contribution in [0.4, 0.5) is 0 Å². The van der Waals surface area contributed by atoms with Crippen LogP contribution in [0.3, 0.4) is 0 Å². The number of fused-ring (bicyclic) bond motifs is 1. The Morgan fingerprint density at radius 2 is 1.08 bits per heavy atom. The maximum absolute atomic E-state index is 14.0. The number of thiol groups is 1. The van der Waals surface area contributed by atoms with Gasteiger partial charge in [-0.3, -0.25) is 47.9 Å². The van der Waals surface area contributed by atoms with E-state index in [0.717, 1.165) is 13.8 Å². The highest BCUT2D eigenvalue weighted by Crippen LogP contribution is 2.20. The number of carbonyl (C=O) groups excluding carboxylic acids is 8. The minimum absolute atomic E-state index is 0.384. The molecule has 2 rings (SSSR count). The fraction of sp³-hybridized carbons (Fsp3) is 0.500. The third-order valence-corrected chi connectivity index (χ3v) is 9.62. The zero-order chi connectivity index (χ0) is 49.5. The molecule has 358 valence electrons. The highest BCUT2D eigenvalue weighted by atomic mass is 32.1. The molecule has 0 saturated carbocycles. The van der Waals surface area contributed by atoms with E-state index in [9.17, 15) is 78.3 Å². The summed E-state index contributed by atoms with van der Waals surface area (Å²) in [6.45, 7) is 4.24. The Morgan fingerprint density at radius 1 is 0.646 bits per heavy atom. The zero-order valence-corrected chi connectivity index (χ0v) is 36.3. The van der Waals surface area contributed by atoms with Crippen molar-refractivity contribution >= 4 is 88.7 Å². The number of aliphatic hydroxyl groups is 2. The summed E-state index contributed by atoms with van der Waals surface area (Å²) in [6, 6.07) is -6.45. The molecule has 1 aromatic carbocycles. The van der Waals surface area contributed by atoms with Gasteiger partial charge in [-0.2, -0.15) is 12.6 Å². The first kappa shape index (κ1) is 54.3. The molecule has 8 amide bonds. The van der Waals surface area contributed by atoms with Crippen LogP contribution in [-0.4, -0.2) is 161 Å². The van der Waals surface area contributed by atoms with Crippen molar-refractivity contribution in [2.24, 2.45) is 11.5 Å². The van der Waals surface area contributed by atoms with Crippen LogP contribution in [0.1, 0.15) is 52.5 Å². The fourth-order valence-corrected chi connectivity index (χ4v) is 6.23. The van der Waals surface area contributed by atoms with Gasteiger partial charge in [-0.05, 0) is 39.3 Å². The molecule has 0 bridgehead atoms. The molecule has 65 heavy (non-hydrogen) atoms. The second-order valence-electron chi connectivity index (χ2n) is 15.3. The molecule has 0 spiro atoms. The molecule has 27 heteroatoms. The van der Waals surface area contributed by atoms with E-state index in [4.69, 9.17) is 11.5 Å². The lowest BCUT2D eigenvalue weighted by molar-refractivity contribution is -0.144. The van der Waals surface area contributed by atoms with E-state index >= 15 is 0 Å². The van der Waals surface area contributed by atoms with E-state index in [1.807, 2.05) is 16.0 Å². The summed E-state index contributed by atoms with van der Waals surface area (Å²) in [4.78, 5) is 143. The van der Waals surface area contributed by atoms with Crippen LogP contribution in [0.2, 0.25) is 0 Å². The van der Waals surface area contributed by atoms with Crippen molar-refractivity contribution in [3.05, 3.63) is 36.0 Å². The number of aromatic nitrogens is 1. The predicted octanol–water partition coefficient (Wildman–Crippen LogP) is -5.56. The number of carbonyl (C=O) groups is 11. The van der Waals surface area contributed by atoms with Crippen molar-refractivity contribution in [1.82, 2.24) is 42.2 Å². The number of benzene rings is 1. The van der Waals surface area contributed by atoms with Gasteiger partial charge in [-0.1, -0.05) is 18.2 Å². The largest absolute Gasteiger partial charge is 0.481 e. The fourth-order valence-electron chi connectivity index (χ4n) is 6.06. The average Bonchev–Trinajstić information content (AvgIpc) is 3.60. The minimum Gasteiger partial charge on any atom is -0.481 e. The van der Waals surface area contributed by atoms with E-state index in [2.05, 4.69) is 38.9 Å². The van der Waals surface area contributed by atoms with Crippen LogP contribution in [0, 0.1) is 0 Å². The van der Waals surface area contributed by atoms with Crippen LogP contribution in [0.25, 0.3) is 10.9 Å². The van der Waals surface area contributed by atoms with Crippen LogP contribution in [0.5, 0.6) is 0 Å². The van der Waals surface area contributed by atoms with Crippen LogP contribution < -0.4 is 48.7 Å². The number of carboxylic acids is 3. The number of carboxylic acid groups (broad SMARTS) is 3. The number of hydrogen-bond acceptors (Lipinski definition) is 15. The van der Waals surface area contributed by atoms with E-state index < -0.39 is 150 Å². The maximum atomic E-state index is 14.0. The molecule has 0 fully saturated rings. The average molecular weight is 939 g/mol. The second kappa shape index (κ2) is 24.3. The number of para-hydroxylation sites is 1. The van der Waals surface area contributed by atoms with Gasteiger partial charge < -0.3 is 79.2 Å². The number of primary amides is 1. The molecule has 0 radical (unpaired) electrons. The zero-order valence-electron chi connectivity index (χ0n) is 35.4. The number of rotatable bonds is 26. The van der Waals surface area contributed by atoms with Crippen molar-refractivity contribution in [3.8, 4) is 0 Å². The summed E-state index contributed by atoms with van der Waals surface area (Å²) in [6.07, 6.45) is -5.57. The molecule has 0 unspecified atom stereocenters. The van der Waals surface area contributed by atoms with E-state index in [1.54, 1.807) is 24.3 Å². The number of aromatic amines is 1. The number of nitrogens with two attached hydrogens (primary N) is 2. The first-order chi connectivity index (χ1) is 30.2. The molecular formula is C38H54N10O16S. The maximum Gasteiger partial charge on any atom is 0.327 e. The Labute approximate surface area is 375 Å². The monoisotopic (exact) mass is 938 g/mol. The standard InChI is InChI=1S/C38H54N10O16S/c1-15(49)28(46-34(60)21(10-24(40)51)42-25(52)13-39)35(61)45-23(12-27(55)56)32(58)44-22(11-26(53)54)31(57)43-20(9-17-14-41-19-8-6-5-7-18(17)19)33(59)47-29(16(2)50)36(62)48-30(37(63)64)38(3,4)65/h5-8,14-16,20-23,28-30,41,49-50,65H,9-13,39H2,1-4H3,(H2,40,51)(H,42,52)(H,43,57)(H,44,58)(H,45,61)(H,46,60)(H,47,59)(H,48,62)(H,53,54)(H,55,56)(H,63,64)/t15-,16-,20+,21+,22+,23+,28+,29+,30-/m1/s1. The molecule has 26 nitrogen and oxygen atoms in total. The number of H-pyrrole nitrogens is 1. The van der Waals surface area contributed by atoms with Gasteiger partial charge in [-0.15, -0.1) is 0 Å². The van der Waals surface area contributed by atoms with E-state index in [0.29, 0.717) is 16.5 Å². The lowest BCUT2D eigenvalue weighted by Gasteiger charge is -2.30. The summed E-state index contributed by atoms with van der Waals surface area (Å²) in [7, 11) is 0. The molecule has 1 heterocycles. The predicted molar refractivity (Wildman–Crippen MR) is 227 cm³/mol. The van der Waals surface area contributed by atoms with E-state index in [-0.39, 0.29) is 6.42 Å². The molecule has 0 aliphatic carbocycles. The Hall–Kier alpha value is -6.84. The lowest BCUT2D eigenvalue weighted by atomic mass is 10.0. The molecule has 1 aromatic heterocycles. The van der Waals surface area contributed by atoms with E-state index in [1.165, 1.54) is 20.0 Å². The Kier molecular flexibility index (Phi) is 20.3. The smallest absolute Gasteiger partial charge is 0.327 e. The van der Waals surface area contributed by atoms with Crippen molar-refractivity contribution in [2.45, 2.75) is 113 Å². The third-order valence-electron chi connectivity index (χ3n) is 9.36. The quantitative estimate of drug-likeness (QED) is 0.0391. The minimum atomic E-state index is -2.15. The highest BCUT2D eigenvalue weighted by Gasteiger charge is 2.39. The number of aliphatic carboxylic acids is 3. The van der Waals surface area contributed by atoms with Gasteiger partial charge >= 0.3 is 17.9 Å². The lowest BCUT2D eigenvalue weighted by Crippen LogP contribution is -2.63. The molecule has 2 aromatic rings. The van der Waals surface area contributed by atoms with Gasteiger partial charge in [0.2, 0.25) is 47.3 Å². The number of amides is 8. The van der Waals surface area contributed by atoms with Gasteiger partial charge in [0.15, 0.2) is 0 Å². The molecular weight excluding hydrogens is 885 g/mol. The van der Waals surface area contributed by atoms with Gasteiger partial charge in [0, 0.05) is 28.3 Å². The first-order valence-electron chi connectivity index (χ1n) is 19.6. The summed E-state index contributed by atoms with van der Waals surface area (Å²) >= 11 is 4.20. The summed E-state index contributed by atoms with van der Waals surface area (Å²) in [5, 5.41) is 65.3. The van der Waals surface area contributed by atoms with Crippen molar-refractivity contribution in [3.63, 3.8) is 0 Å². The summed E-state index contributed by atoms with van der Waals surface area (Å²) < 4.78 is -1.34. The third kappa shape index (κ3) is 17.0. The van der Waals surface area contributed by atoms with Crippen LogP contribution in [0.15, 0.2) is 30.5 Å². The second-order valence-corrected chi connectivity index (χ2v) is 16.5. The molecule has 0 saturated heterocycles. The topological polar surface area (TPSA) is 441 Å². The normalized spacial score (nSPS) is 15.4. The van der Waals surface area contributed by atoms with Gasteiger partial charge in [0.1, 0.15) is 42.3 Å². The van der Waals surface area contributed by atoms with Crippen molar-refractivity contribution in [2.75, 3.05) is 6.54 Å². The SMILES string of the molecule is C[C@@H](O)[C@H](NC(=O)[C@H](CC(N)=O)NC(=O)CN)C(=O)N[C@@H](CC(=O)O)C(=O)N[C@@H](CC(=O)O)C(=O)N[C@@H](Cc1c[nH]c2ccccc12)C(=O)N[C@H](C(=O)N[C@H](C(=O)O)C(C)(C)S)[C@@H](C)O. The summed E-state index contributed by atoms with van der Waals surface area (Å²) in [5.41, 5.74) is 11.4. The number of aliphatic hydroxyl groups excluding tert-OH is 2. The van der Waals surface area contributed by atoms with Gasteiger partial charge in [-0.25, -0.2) is 4.79 Å². The molecule has 0 aliphatic heterocycles. The van der Waals surface area contributed by atoms with Crippen LogP contribution >= 0.6 is 12.6 Å². The Bertz CT molecular complexity index is 2120. The molecule has 9 atom stereocenters. The van der Waals surface area contributed by atoms with Gasteiger partial charge in [0.05, 0.1) is 38.0 Å². The van der Waals surface area contributed by atoms with Crippen molar-refractivity contribution in [1.29, 1.82) is 0 Å². The summed E-state index contributed by atoms with van der Waals surface area (Å²) in [5.74, 6) is -14.7. The highest BCUT2D eigenvalue weighted by molar-refractivity contribution is 7.81. The Balaban J connectivity index is 2.48. The number of hydrogen-bond donors (Lipinski definition) is 16. The van der Waals surface area contributed by atoms with Crippen molar-refractivity contribution < 1.29 is 78.3 Å².